The van der Waals surface area contributed by atoms with Gasteiger partial charge in [0, 0.05) is 24.1 Å². The van der Waals surface area contributed by atoms with Gasteiger partial charge in [0.25, 0.3) is 5.91 Å². The van der Waals surface area contributed by atoms with E-state index in [2.05, 4.69) is 15.7 Å². The molecule has 0 saturated carbocycles. The predicted molar refractivity (Wildman–Crippen MR) is 66.0 cm³/mol. The lowest BCUT2D eigenvalue weighted by Crippen LogP contribution is -2.46. The molecule has 1 unspecified atom stereocenters. The maximum atomic E-state index is 12.1. The van der Waals surface area contributed by atoms with Gasteiger partial charge in [0.2, 0.25) is 0 Å². The molecule has 1 aromatic rings. The molecule has 1 amide bonds. The molecule has 19 heavy (non-hydrogen) atoms. The summed E-state index contributed by atoms with van der Waals surface area (Å²) in [4.78, 5) is 23.4. The Labute approximate surface area is 110 Å². The molecule has 102 valence electrons. The Kier molecular flexibility index (Phi) is 2.43. The Bertz CT molecular complexity index is 576. The topological polar surface area (TPSA) is 96.3 Å². The van der Waals surface area contributed by atoms with Gasteiger partial charge in [-0.1, -0.05) is 0 Å². The van der Waals surface area contributed by atoms with Crippen LogP contribution in [-0.2, 0) is 16.8 Å². The lowest BCUT2D eigenvalue weighted by molar-refractivity contribution is -0.141. The molecule has 0 fully saturated rings. The number of amides is 1. The number of aliphatic carboxylic acids is 1. The minimum atomic E-state index is -0.980. The van der Waals surface area contributed by atoms with Crippen molar-refractivity contribution in [3.63, 3.8) is 0 Å². The molecule has 1 aromatic heterocycles. The van der Waals surface area contributed by atoms with E-state index in [4.69, 9.17) is 0 Å². The summed E-state index contributed by atoms with van der Waals surface area (Å²) in [5, 5.41) is 19.6. The molecule has 7 nitrogen and oxygen atoms in total. The van der Waals surface area contributed by atoms with Gasteiger partial charge in [-0.15, -0.1) is 0 Å². The number of carboxylic acid groups (broad SMARTS) is 1. The third-order valence-electron chi connectivity index (χ3n) is 3.79. The average molecular weight is 264 g/mol. The third kappa shape index (κ3) is 1.65. The highest BCUT2D eigenvalue weighted by Gasteiger charge is 2.41. The number of fused-ring (bicyclic) bond motifs is 3. The van der Waals surface area contributed by atoms with Gasteiger partial charge >= 0.3 is 5.97 Å². The van der Waals surface area contributed by atoms with Gasteiger partial charge in [0.15, 0.2) is 6.04 Å². The molecule has 1 atom stereocenters. The van der Waals surface area contributed by atoms with Crippen LogP contribution in [0.4, 0.5) is 0 Å². The predicted octanol–water partition coefficient (Wildman–Crippen LogP) is -0.367. The molecule has 2 aliphatic rings. The highest BCUT2D eigenvalue weighted by Crippen LogP contribution is 2.33. The molecule has 0 aliphatic carbocycles. The van der Waals surface area contributed by atoms with E-state index in [0.717, 1.165) is 17.8 Å². The van der Waals surface area contributed by atoms with Crippen LogP contribution in [0.1, 0.15) is 41.6 Å². The molecule has 0 radical (unpaired) electrons. The second kappa shape index (κ2) is 3.80. The molecule has 0 bridgehead atoms. The van der Waals surface area contributed by atoms with Crippen LogP contribution < -0.4 is 10.6 Å². The number of nitrogens with one attached hydrogen (secondary N) is 2. The van der Waals surface area contributed by atoms with Crippen molar-refractivity contribution >= 4 is 11.9 Å². The number of aromatic nitrogens is 2. The van der Waals surface area contributed by atoms with Crippen molar-refractivity contribution in [2.75, 3.05) is 13.1 Å². The van der Waals surface area contributed by atoms with E-state index >= 15 is 0 Å². The SMILES string of the molecule is CC1(C)NCCc2nn3c(c21)C(=O)NCC3C(=O)O. The van der Waals surface area contributed by atoms with Gasteiger partial charge in [-0.05, 0) is 13.8 Å². The van der Waals surface area contributed by atoms with Crippen molar-refractivity contribution < 1.29 is 14.7 Å². The number of nitrogens with zero attached hydrogens (tertiary/aromatic N) is 2. The first-order chi connectivity index (χ1) is 8.92. The molecule has 2 aliphatic heterocycles. The van der Waals surface area contributed by atoms with Crippen LogP contribution in [0.3, 0.4) is 0 Å². The minimum Gasteiger partial charge on any atom is -0.480 e. The first-order valence-electron chi connectivity index (χ1n) is 6.29. The maximum absolute atomic E-state index is 12.1. The van der Waals surface area contributed by atoms with Crippen molar-refractivity contribution in [2.24, 2.45) is 0 Å². The zero-order valence-electron chi connectivity index (χ0n) is 10.9. The highest BCUT2D eigenvalue weighted by molar-refractivity contribution is 5.96. The molecule has 3 N–H and O–H groups in total. The van der Waals surface area contributed by atoms with Crippen molar-refractivity contribution in [1.82, 2.24) is 20.4 Å². The summed E-state index contributed by atoms with van der Waals surface area (Å²) >= 11 is 0. The molecule has 0 spiro atoms. The van der Waals surface area contributed by atoms with Crippen LogP contribution in [0.25, 0.3) is 0 Å². The van der Waals surface area contributed by atoms with Crippen LogP contribution >= 0.6 is 0 Å². The zero-order valence-corrected chi connectivity index (χ0v) is 10.9. The minimum absolute atomic E-state index is 0.0790. The highest BCUT2D eigenvalue weighted by atomic mass is 16.4. The largest absolute Gasteiger partial charge is 0.480 e. The van der Waals surface area contributed by atoms with Gasteiger partial charge in [-0.3, -0.25) is 4.79 Å². The maximum Gasteiger partial charge on any atom is 0.330 e. The average Bonchev–Trinajstić information content (AvgIpc) is 2.69. The fourth-order valence-corrected chi connectivity index (χ4v) is 2.89. The summed E-state index contributed by atoms with van der Waals surface area (Å²) in [5.74, 6) is -1.23. The normalized spacial score (nSPS) is 24.3. The smallest absolute Gasteiger partial charge is 0.330 e. The number of hydrogen-bond acceptors (Lipinski definition) is 4. The first-order valence-corrected chi connectivity index (χ1v) is 6.29. The van der Waals surface area contributed by atoms with Gasteiger partial charge in [0.1, 0.15) is 5.69 Å². The second-order valence-electron chi connectivity index (χ2n) is 5.48. The van der Waals surface area contributed by atoms with E-state index in [9.17, 15) is 14.7 Å². The summed E-state index contributed by atoms with van der Waals surface area (Å²) in [5.41, 5.74) is 1.65. The summed E-state index contributed by atoms with van der Waals surface area (Å²) < 4.78 is 1.38. The lowest BCUT2D eigenvalue weighted by Gasteiger charge is -2.32. The fourth-order valence-electron chi connectivity index (χ4n) is 2.89. The van der Waals surface area contributed by atoms with E-state index in [1.807, 2.05) is 13.8 Å². The number of hydrogen-bond donors (Lipinski definition) is 3. The molecule has 3 rings (SSSR count). The Morgan fingerprint density at radius 2 is 2.26 bits per heavy atom. The van der Waals surface area contributed by atoms with Crippen molar-refractivity contribution in [2.45, 2.75) is 31.8 Å². The Morgan fingerprint density at radius 1 is 1.53 bits per heavy atom. The molecule has 3 heterocycles. The van der Waals surface area contributed by atoms with E-state index in [1.165, 1.54) is 4.68 Å². The van der Waals surface area contributed by atoms with E-state index in [-0.39, 0.29) is 18.0 Å². The van der Waals surface area contributed by atoms with Crippen LogP contribution in [0, 0.1) is 0 Å². The van der Waals surface area contributed by atoms with Crippen LogP contribution in [0.15, 0.2) is 0 Å². The molecular formula is C12H16N4O3. The summed E-state index contributed by atoms with van der Waals surface area (Å²) in [6, 6.07) is -0.825. The van der Waals surface area contributed by atoms with Crippen molar-refractivity contribution in [1.29, 1.82) is 0 Å². The standard InChI is InChI=1S/C12H16N4O3/c1-12(2)8-6(3-4-14-12)15-16-7(11(18)19)5-13-10(17)9(8)16/h7,14H,3-5H2,1-2H3,(H,13,17)(H,18,19). The molecule has 0 aromatic carbocycles. The van der Waals surface area contributed by atoms with Gasteiger partial charge < -0.3 is 15.7 Å². The van der Waals surface area contributed by atoms with Crippen molar-refractivity contribution in [3.8, 4) is 0 Å². The van der Waals surface area contributed by atoms with E-state index in [1.54, 1.807) is 0 Å². The van der Waals surface area contributed by atoms with Gasteiger partial charge in [-0.2, -0.15) is 5.10 Å². The zero-order chi connectivity index (χ0) is 13.8. The molecule has 7 heteroatoms. The summed E-state index contributed by atoms with van der Waals surface area (Å²) in [7, 11) is 0. The molecular weight excluding hydrogens is 248 g/mol. The Morgan fingerprint density at radius 3 is 2.95 bits per heavy atom. The van der Waals surface area contributed by atoms with Crippen molar-refractivity contribution in [3.05, 3.63) is 17.0 Å². The molecule has 0 saturated heterocycles. The van der Waals surface area contributed by atoms with Crippen LogP contribution in [0.2, 0.25) is 0 Å². The van der Waals surface area contributed by atoms with E-state index < -0.39 is 12.0 Å². The number of carboxylic acids is 1. The number of carbonyl (C=O) groups is 2. The summed E-state index contributed by atoms with van der Waals surface area (Å²) in [6.07, 6.45) is 0.707. The monoisotopic (exact) mass is 264 g/mol. The number of carbonyl (C=O) groups excluding carboxylic acids is 1. The van der Waals surface area contributed by atoms with Gasteiger partial charge in [-0.25, -0.2) is 9.48 Å². The quantitative estimate of drug-likeness (QED) is 0.643. The number of rotatable bonds is 1. The summed E-state index contributed by atoms with van der Waals surface area (Å²) in [6.45, 7) is 4.81. The third-order valence-corrected chi connectivity index (χ3v) is 3.79. The Balaban J connectivity index is 2.23. The van der Waals surface area contributed by atoms with Crippen LogP contribution in [-0.4, -0.2) is 39.9 Å². The van der Waals surface area contributed by atoms with Crippen LogP contribution in [0.5, 0.6) is 0 Å². The van der Waals surface area contributed by atoms with Gasteiger partial charge in [0.05, 0.1) is 12.2 Å². The second-order valence-corrected chi connectivity index (χ2v) is 5.48. The van der Waals surface area contributed by atoms with E-state index in [0.29, 0.717) is 12.1 Å². The lowest BCUT2D eigenvalue weighted by atomic mass is 9.87. The fraction of sp³-hybridized carbons (Fsp3) is 0.583. The first kappa shape index (κ1) is 12.2. The Hall–Kier alpha value is -1.89.